The lowest BCUT2D eigenvalue weighted by Gasteiger charge is -2.18. The minimum absolute atomic E-state index is 0.00533. The summed E-state index contributed by atoms with van der Waals surface area (Å²) in [6, 6.07) is 4.97. The van der Waals surface area contributed by atoms with Gasteiger partial charge in [-0.1, -0.05) is 16.8 Å². The molecule has 2 N–H and O–H groups in total. The fourth-order valence-corrected chi connectivity index (χ4v) is 2.39. The lowest BCUT2D eigenvalue weighted by molar-refractivity contribution is -0.128. The van der Waals surface area contributed by atoms with Crippen molar-refractivity contribution in [2.24, 2.45) is 0 Å². The van der Waals surface area contributed by atoms with Crippen LogP contribution < -0.4 is 15.6 Å². The predicted molar refractivity (Wildman–Crippen MR) is 87.9 cm³/mol. The number of hydrazine groups is 1. The third-order valence-electron chi connectivity index (χ3n) is 3.24. The lowest BCUT2D eigenvalue weighted by atomic mass is 10.1. The minimum atomic E-state index is -0.819. The molecule has 2 aromatic rings. The number of aromatic nitrogens is 1. The Kier molecular flexibility index (Phi) is 5.46. The predicted octanol–water partition coefficient (Wildman–Crippen LogP) is 2.48. The quantitative estimate of drug-likeness (QED) is 0.825. The number of carbonyl (C=O) groups excluding carboxylic acids is 2. The number of hydrogen-bond acceptors (Lipinski definition) is 5. The van der Waals surface area contributed by atoms with Crippen molar-refractivity contribution in [3.8, 4) is 5.75 Å². The van der Waals surface area contributed by atoms with Crippen LogP contribution in [0.4, 0.5) is 0 Å². The van der Waals surface area contributed by atoms with Crippen LogP contribution >= 0.6 is 11.6 Å². The number of ether oxygens (including phenoxy) is 1. The molecule has 0 aliphatic carbocycles. The van der Waals surface area contributed by atoms with Crippen molar-refractivity contribution in [2.75, 3.05) is 0 Å². The van der Waals surface area contributed by atoms with E-state index in [-0.39, 0.29) is 5.76 Å². The van der Waals surface area contributed by atoms with Crippen LogP contribution in [0.2, 0.25) is 5.02 Å². The first kappa shape index (κ1) is 17.8. The Balaban J connectivity index is 1.94. The maximum Gasteiger partial charge on any atom is 0.308 e. The number of nitrogens with one attached hydrogen (secondary N) is 2. The molecule has 0 aliphatic rings. The maximum atomic E-state index is 12.1. The van der Waals surface area contributed by atoms with Gasteiger partial charge in [0.2, 0.25) is 5.76 Å². The molecule has 0 saturated carbocycles. The Morgan fingerprint density at radius 1 is 1.17 bits per heavy atom. The van der Waals surface area contributed by atoms with Crippen molar-refractivity contribution >= 4 is 23.4 Å². The van der Waals surface area contributed by atoms with Gasteiger partial charge in [0.05, 0.1) is 5.69 Å². The van der Waals surface area contributed by atoms with Gasteiger partial charge in [-0.2, -0.15) is 0 Å². The summed E-state index contributed by atoms with van der Waals surface area (Å²) in [5.41, 5.74) is 6.73. The standard InChI is InChI=1S/C16H18ClN3O4/c1-8-5-12(17)6-9(2)14(8)23-11(4)15(21)18-19-16(22)13-7-10(3)20-24-13/h5-7,11H,1-4H3,(H,18,21)(H,19,22). The highest BCUT2D eigenvalue weighted by molar-refractivity contribution is 6.30. The zero-order valence-corrected chi connectivity index (χ0v) is 14.5. The first-order valence-corrected chi connectivity index (χ1v) is 7.62. The van der Waals surface area contributed by atoms with Crippen LogP contribution in [0.1, 0.15) is 34.3 Å². The highest BCUT2D eigenvalue weighted by atomic mass is 35.5. The molecule has 0 radical (unpaired) electrons. The van der Waals surface area contributed by atoms with Crippen LogP contribution in [0.3, 0.4) is 0 Å². The molecule has 0 fully saturated rings. The lowest BCUT2D eigenvalue weighted by Crippen LogP contribution is -2.47. The number of nitrogens with zero attached hydrogens (tertiary/aromatic N) is 1. The third kappa shape index (κ3) is 4.26. The molecule has 1 atom stereocenters. The normalized spacial score (nSPS) is 11.7. The van der Waals surface area contributed by atoms with E-state index in [4.69, 9.17) is 20.9 Å². The summed E-state index contributed by atoms with van der Waals surface area (Å²) < 4.78 is 10.5. The Morgan fingerprint density at radius 3 is 2.33 bits per heavy atom. The molecule has 1 aromatic carbocycles. The van der Waals surface area contributed by atoms with Crippen LogP contribution in [0, 0.1) is 20.8 Å². The van der Waals surface area contributed by atoms with Gasteiger partial charge < -0.3 is 9.26 Å². The second kappa shape index (κ2) is 7.35. The van der Waals surface area contributed by atoms with E-state index in [0.29, 0.717) is 16.5 Å². The highest BCUT2D eigenvalue weighted by Gasteiger charge is 2.19. The van der Waals surface area contributed by atoms with E-state index in [1.54, 1.807) is 26.0 Å². The average molecular weight is 352 g/mol. The number of halogens is 1. The Hall–Kier alpha value is -2.54. The summed E-state index contributed by atoms with van der Waals surface area (Å²) in [5.74, 6) is -0.520. The van der Waals surface area contributed by atoms with Gasteiger partial charge in [0.15, 0.2) is 6.10 Å². The minimum Gasteiger partial charge on any atom is -0.480 e. The summed E-state index contributed by atoms with van der Waals surface area (Å²) in [6.45, 7) is 6.94. The fraction of sp³-hybridized carbons (Fsp3) is 0.312. The first-order valence-electron chi connectivity index (χ1n) is 7.25. The van der Waals surface area contributed by atoms with Crippen molar-refractivity contribution in [1.82, 2.24) is 16.0 Å². The molecule has 128 valence electrons. The van der Waals surface area contributed by atoms with Crippen molar-refractivity contribution in [3.63, 3.8) is 0 Å². The van der Waals surface area contributed by atoms with E-state index in [9.17, 15) is 9.59 Å². The van der Waals surface area contributed by atoms with Crippen molar-refractivity contribution in [3.05, 3.63) is 45.8 Å². The van der Waals surface area contributed by atoms with Crippen molar-refractivity contribution in [1.29, 1.82) is 0 Å². The average Bonchev–Trinajstić information content (AvgIpc) is 2.94. The summed E-state index contributed by atoms with van der Waals surface area (Å²) >= 11 is 5.97. The molecule has 2 rings (SSSR count). The Labute approximate surface area is 144 Å². The van der Waals surface area contributed by atoms with E-state index in [1.165, 1.54) is 6.07 Å². The van der Waals surface area contributed by atoms with E-state index >= 15 is 0 Å². The molecule has 0 saturated heterocycles. The van der Waals surface area contributed by atoms with Gasteiger partial charge in [-0.3, -0.25) is 20.4 Å². The second-order valence-corrected chi connectivity index (χ2v) is 5.84. The molecule has 1 unspecified atom stereocenters. The number of hydrogen-bond donors (Lipinski definition) is 2. The number of amides is 2. The number of rotatable bonds is 4. The summed E-state index contributed by atoms with van der Waals surface area (Å²) in [5, 5.41) is 4.20. The second-order valence-electron chi connectivity index (χ2n) is 5.40. The highest BCUT2D eigenvalue weighted by Crippen LogP contribution is 2.27. The first-order chi connectivity index (χ1) is 11.3. The van der Waals surface area contributed by atoms with Crippen molar-refractivity contribution in [2.45, 2.75) is 33.8 Å². The molecule has 2 amide bonds. The van der Waals surface area contributed by atoms with Gasteiger partial charge in [0, 0.05) is 11.1 Å². The zero-order valence-electron chi connectivity index (χ0n) is 13.8. The van der Waals surface area contributed by atoms with Crippen LogP contribution in [-0.2, 0) is 4.79 Å². The third-order valence-corrected chi connectivity index (χ3v) is 3.46. The fourth-order valence-electron chi connectivity index (χ4n) is 2.07. The van der Waals surface area contributed by atoms with Crippen LogP contribution in [-0.4, -0.2) is 23.1 Å². The van der Waals surface area contributed by atoms with Crippen molar-refractivity contribution < 1.29 is 18.8 Å². The van der Waals surface area contributed by atoms with Gasteiger partial charge in [0.1, 0.15) is 5.75 Å². The molecule has 8 heteroatoms. The van der Waals surface area contributed by atoms with Gasteiger partial charge in [0.25, 0.3) is 5.91 Å². The number of benzene rings is 1. The molecule has 1 aromatic heterocycles. The molecular formula is C16H18ClN3O4. The monoisotopic (exact) mass is 351 g/mol. The van der Waals surface area contributed by atoms with Crippen LogP contribution in [0.15, 0.2) is 22.7 Å². The van der Waals surface area contributed by atoms with E-state index < -0.39 is 17.9 Å². The van der Waals surface area contributed by atoms with Gasteiger partial charge in [-0.05, 0) is 51.0 Å². The van der Waals surface area contributed by atoms with Gasteiger partial charge in [-0.25, -0.2) is 0 Å². The molecular weight excluding hydrogens is 334 g/mol. The largest absolute Gasteiger partial charge is 0.480 e. The van der Waals surface area contributed by atoms with E-state index in [0.717, 1.165) is 11.1 Å². The molecule has 0 spiro atoms. The Morgan fingerprint density at radius 2 is 1.79 bits per heavy atom. The molecule has 1 heterocycles. The topological polar surface area (TPSA) is 93.5 Å². The maximum absolute atomic E-state index is 12.1. The number of aryl methyl sites for hydroxylation is 3. The zero-order chi connectivity index (χ0) is 17.9. The van der Waals surface area contributed by atoms with E-state index in [2.05, 4.69) is 16.0 Å². The summed E-state index contributed by atoms with van der Waals surface area (Å²) in [6.07, 6.45) is -0.819. The molecule has 0 aliphatic heterocycles. The van der Waals surface area contributed by atoms with Gasteiger partial charge >= 0.3 is 5.91 Å². The van der Waals surface area contributed by atoms with Crippen LogP contribution in [0.5, 0.6) is 5.75 Å². The smallest absolute Gasteiger partial charge is 0.308 e. The Bertz CT molecular complexity index is 749. The molecule has 7 nitrogen and oxygen atoms in total. The molecule has 0 bridgehead atoms. The summed E-state index contributed by atoms with van der Waals surface area (Å²) in [4.78, 5) is 23.8. The van der Waals surface area contributed by atoms with E-state index in [1.807, 2.05) is 13.8 Å². The SMILES string of the molecule is Cc1cc(C(=O)NNC(=O)C(C)Oc2c(C)cc(Cl)cc2C)on1. The van der Waals surface area contributed by atoms with Gasteiger partial charge in [-0.15, -0.1) is 0 Å². The summed E-state index contributed by atoms with van der Waals surface area (Å²) in [7, 11) is 0. The van der Waals surface area contributed by atoms with Crippen LogP contribution in [0.25, 0.3) is 0 Å². The molecule has 24 heavy (non-hydrogen) atoms. The number of carbonyl (C=O) groups is 2.